The maximum Gasteiger partial charge on any atom is 0.337 e. The van der Waals surface area contributed by atoms with E-state index in [0.29, 0.717) is 17.0 Å². The number of aromatic amines is 1. The van der Waals surface area contributed by atoms with Gasteiger partial charge in [0.15, 0.2) is 11.5 Å². The SMILES string of the molecule is O=C(O)c1ccc2nnc(-c3cc[nH]c(=O)c3)n2c1. The van der Waals surface area contributed by atoms with Crippen molar-refractivity contribution in [2.24, 2.45) is 0 Å². The zero-order valence-corrected chi connectivity index (χ0v) is 9.57. The number of carboxylic acids is 1. The summed E-state index contributed by atoms with van der Waals surface area (Å²) in [6.07, 6.45) is 2.92. The van der Waals surface area contributed by atoms with E-state index in [4.69, 9.17) is 5.11 Å². The molecule has 0 bridgehead atoms. The molecule has 3 rings (SSSR count). The first kappa shape index (κ1) is 11.1. The lowest BCUT2D eigenvalue weighted by atomic mass is 10.2. The molecular formula is C12H8N4O3. The Hall–Kier alpha value is -2.96. The van der Waals surface area contributed by atoms with Crippen LogP contribution in [0.4, 0.5) is 0 Å². The fourth-order valence-corrected chi connectivity index (χ4v) is 1.80. The van der Waals surface area contributed by atoms with Crippen molar-refractivity contribution in [1.82, 2.24) is 19.6 Å². The number of rotatable bonds is 2. The topological polar surface area (TPSA) is 100 Å². The second-order valence-electron chi connectivity index (χ2n) is 3.92. The molecule has 2 N–H and O–H groups in total. The van der Waals surface area contributed by atoms with Crippen LogP contribution in [0.15, 0.2) is 41.5 Å². The Balaban J connectivity index is 2.27. The Morgan fingerprint density at radius 3 is 2.84 bits per heavy atom. The normalized spacial score (nSPS) is 10.7. The largest absolute Gasteiger partial charge is 0.478 e. The predicted octanol–water partition coefficient (Wildman–Crippen LogP) is 0.783. The van der Waals surface area contributed by atoms with Crippen LogP contribution in [-0.4, -0.2) is 30.7 Å². The molecule has 0 radical (unpaired) electrons. The Bertz CT molecular complexity index is 834. The van der Waals surface area contributed by atoms with Gasteiger partial charge in [-0.15, -0.1) is 10.2 Å². The van der Waals surface area contributed by atoms with E-state index in [1.165, 1.54) is 28.9 Å². The van der Waals surface area contributed by atoms with E-state index in [2.05, 4.69) is 15.2 Å². The fourth-order valence-electron chi connectivity index (χ4n) is 1.80. The van der Waals surface area contributed by atoms with Crippen LogP contribution in [0.5, 0.6) is 0 Å². The van der Waals surface area contributed by atoms with Gasteiger partial charge in [0.2, 0.25) is 5.56 Å². The molecule has 7 heteroatoms. The summed E-state index contributed by atoms with van der Waals surface area (Å²) in [5, 5.41) is 16.9. The molecule has 0 aromatic carbocycles. The Labute approximate surface area is 106 Å². The van der Waals surface area contributed by atoms with Crippen LogP contribution in [0.1, 0.15) is 10.4 Å². The molecule has 0 aliphatic heterocycles. The van der Waals surface area contributed by atoms with Crippen LogP contribution < -0.4 is 5.56 Å². The zero-order chi connectivity index (χ0) is 13.4. The minimum absolute atomic E-state index is 0.124. The Morgan fingerprint density at radius 1 is 1.26 bits per heavy atom. The summed E-state index contributed by atoms with van der Waals surface area (Å²) < 4.78 is 1.54. The van der Waals surface area contributed by atoms with E-state index in [1.807, 2.05) is 0 Å². The molecule has 0 atom stereocenters. The lowest BCUT2D eigenvalue weighted by Crippen LogP contribution is -2.04. The average molecular weight is 256 g/mol. The Kier molecular flexibility index (Phi) is 2.38. The van der Waals surface area contributed by atoms with E-state index < -0.39 is 5.97 Å². The van der Waals surface area contributed by atoms with E-state index in [0.717, 1.165) is 0 Å². The van der Waals surface area contributed by atoms with Crippen LogP contribution in [0, 0.1) is 0 Å². The van der Waals surface area contributed by atoms with Crippen LogP contribution in [0.25, 0.3) is 17.0 Å². The molecule has 0 fully saturated rings. The van der Waals surface area contributed by atoms with Crippen LogP contribution >= 0.6 is 0 Å². The van der Waals surface area contributed by atoms with Crippen molar-refractivity contribution in [2.45, 2.75) is 0 Å². The van der Waals surface area contributed by atoms with Gasteiger partial charge in [0.1, 0.15) is 0 Å². The zero-order valence-electron chi connectivity index (χ0n) is 9.57. The number of hydrogen-bond acceptors (Lipinski definition) is 4. The van der Waals surface area contributed by atoms with Gasteiger partial charge in [0, 0.05) is 24.0 Å². The van der Waals surface area contributed by atoms with Gasteiger partial charge in [-0.25, -0.2) is 4.79 Å². The lowest BCUT2D eigenvalue weighted by Gasteiger charge is -2.00. The highest BCUT2D eigenvalue weighted by atomic mass is 16.4. The van der Waals surface area contributed by atoms with Crippen molar-refractivity contribution in [3.63, 3.8) is 0 Å². The maximum atomic E-state index is 11.3. The van der Waals surface area contributed by atoms with Gasteiger partial charge in [-0.3, -0.25) is 9.20 Å². The Morgan fingerprint density at radius 2 is 2.11 bits per heavy atom. The number of hydrogen-bond donors (Lipinski definition) is 2. The second kappa shape index (κ2) is 4.05. The molecule has 0 spiro atoms. The lowest BCUT2D eigenvalue weighted by molar-refractivity contribution is 0.0696. The third kappa shape index (κ3) is 1.86. The number of pyridine rings is 2. The summed E-state index contributed by atoms with van der Waals surface area (Å²) >= 11 is 0. The number of nitrogens with one attached hydrogen (secondary N) is 1. The highest BCUT2D eigenvalue weighted by Gasteiger charge is 2.11. The number of nitrogens with zero attached hydrogens (tertiary/aromatic N) is 3. The predicted molar refractivity (Wildman–Crippen MR) is 66.0 cm³/mol. The molecular weight excluding hydrogens is 248 g/mol. The molecule has 94 valence electrons. The van der Waals surface area contributed by atoms with Gasteiger partial charge in [0.25, 0.3) is 0 Å². The second-order valence-corrected chi connectivity index (χ2v) is 3.92. The van der Waals surface area contributed by atoms with Crippen molar-refractivity contribution >= 4 is 11.6 Å². The van der Waals surface area contributed by atoms with E-state index in [1.54, 1.807) is 12.1 Å². The molecule has 3 heterocycles. The van der Waals surface area contributed by atoms with E-state index in [9.17, 15) is 9.59 Å². The van der Waals surface area contributed by atoms with Gasteiger partial charge < -0.3 is 10.1 Å². The van der Waals surface area contributed by atoms with Crippen LogP contribution in [0.3, 0.4) is 0 Å². The minimum Gasteiger partial charge on any atom is -0.478 e. The summed E-state index contributed by atoms with van der Waals surface area (Å²) in [6, 6.07) is 6.07. The summed E-state index contributed by atoms with van der Waals surface area (Å²) in [5.41, 5.74) is 0.945. The minimum atomic E-state index is -1.03. The summed E-state index contributed by atoms with van der Waals surface area (Å²) in [7, 11) is 0. The molecule has 0 amide bonds. The van der Waals surface area contributed by atoms with Gasteiger partial charge in [-0.1, -0.05) is 0 Å². The summed E-state index contributed by atoms with van der Waals surface area (Å²) in [6.45, 7) is 0. The first-order valence-electron chi connectivity index (χ1n) is 5.42. The summed E-state index contributed by atoms with van der Waals surface area (Å²) in [4.78, 5) is 24.8. The molecule has 0 aliphatic rings. The first-order chi connectivity index (χ1) is 9.15. The maximum absolute atomic E-state index is 11.3. The summed E-state index contributed by atoms with van der Waals surface area (Å²) in [5.74, 6) is -0.614. The van der Waals surface area contributed by atoms with Crippen molar-refractivity contribution in [3.05, 3.63) is 52.6 Å². The highest BCUT2D eigenvalue weighted by molar-refractivity contribution is 5.87. The van der Waals surface area contributed by atoms with Crippen molar-refractivity contribution < 1.29 is 9.90 Å². The van der Waals surface area contributed by atoms with E-state index in [-0.39, 0.29) is 11.1 Å². The average Bonchev–Trinajstić information content (AvgIpc) is 2.81. The molecule has 0 saturated heterocycles. The third-order valence-electron chi connectivity index (χ3n) is 2.68. The molecule has 3 aromatic heterocycles. The van der Waals surface area contributed by atoms with Gasteiger partial charge >= 0.3 is 5.97 Å². The number of aromatic carboxylic acids is 1. The number of aromatic nitrogens is 4. The smallest absolute Gasteiger partial charge is 0.337 e. The van der Waals surface area contributed by atoms with Gasteiger partial charge in [-0.05, 0) is 18.2 Å². The van der Waals surface area contributed by atoms with Crippen LogP contribution in [0.2, 0.25) is 0 Å². The van der Waals surface area contributed by atoms with E-state index >= 15 is 0 Å². The first-order valence-corrected chi connectivity index (χ1v) is 5.42. The molecule has 0 saturated carbocycles. The number of fused-ring (bicyclic) bond motifs is 1. The van der Waals surface area contributed by atoms with Crippen molar-refractivity contribution in [2.75, 3.05) is 0 Å². The fraction of sp³-hybridized carbons (Fsp3) is 0. The molecule has 0 unspecified atom stereocenters. The number of carboxylic acid groups (broad SMARTS) is 1. The van der Waals surface area contributed by atoms with Crippen LogP contribution in [-0.2, 0) is 0 Å². The molecule has 0 aliphatic carbocycles. The van der Waals surface area contributed by atoms with Crippen molar-refractivity contribution in [3.8, 4) is 11.4 Å². The molecule has 19 heavy (non-hydrogen) atoms. The molecule has 3 aromatic rings. The number of carbonyl (C=O) groups is 1. The van der Waals surface area contributed by atoms with Gasteiger partial charge in [-0.2, -0.15) is 0 Å². The molecule has 7 nitrogen and oxygen atoms in total. The monoisotopic (exact) mass is 256 g/mol. The van der Waals surface area contributed by atoms with Crippen molar-refractivity contribution in [1.29, 1.82) is 0 Å². The van der Waals surface area contributed by atoms with Gasteiger partial charge in [0.05, 0.1) is 5.56 Å². The highest BCUT2D eigenvalue weighted by Crippen LogP contribution is 2.16. The quantitative estimate of drug-likeness (QED) is 0.705. The standard InChI is InChI=1S/C12H8N4O3/c17-10-5-7(3-4-13-10)11-15-14-9-2-1-8(12(18)19)6-16(9)11/h1-6H,(H,13,17)(H,18,19). The third-order valence-corrected chi connectivity index (χ3v) is 2.68. The number of H-pyrrole nitrogens is 1.